The molecule has 0 unspecified atom stereocenters. The van der Waals surface area contributed by atoms with Crippen LogP contribution < -0.4 is 5.32 Å². The van der Waals surface area contributed by atoms with E-state index in [0.717, 1.165) is 0 Å². The minimum Gasteiger partial charge on any atom is -0.379 e. The van der Waals surface area contributed by atoms with Crippen molar-refractivity contribution in [2.75, 3.05) is 26.3 Å². The van der Waals surface area contributed by atoms with Gasteiger partial charge in [-0.05, 0) is 29.8 Å². The molecule has 1 fully saturated rings. The number of ether oxygens (including phenoxy) is 1. The van der Waals surface area contributed by atoms with E-state index in [9.17, 15) is 17.6 Å². The molecule has 0 spiro atoms. The van der Waals surface area contributed by atoms with Crippen LogP contribution in [0.3, 0.4) is 0 Å². The summed E-state index contributed by atoms with van der Waals surface area (Å²) < 4.78 is 48.5. The molecule has 0 bridgehead atoms. The summed E-state index contributed by atoms with van der Waals surface area (Å²) in [6.07, 6.45) is 4.67. The van der Waals surface area contributed by atoms with Crippen molar-refractivity contribution in [1.82, 2.24) is 19.2 Å². The number of hydrogen-bond donors (Lipinski definition) is 1. The Hall–Kier alpha value is -3.08. The molecule has 0 radical (unpaired) electrons. The van der Waals surface area contributed by atoms with Crippen molar-refractivity contribution >= 4 is 15.9 Å². The number of imidazole rings is 1. The van der Waals surface area contributed by atoms with Gasteiger partial charge >= 0.3 is 0 Å². The monoisotopic (exact) mass is 444 g/mol. The Balaban J connectivity index is 1.50. The summed E-state index contributed by atoms with van der Waals surface area (Å²) in [4.78, 5) is 16.6. The number of halogens is 1. The van der Waals surface area contributed by atoms with Gasteiger partial charge in [0.15, 0.2) is 0 Å². The average Bonchev–Trinajstić information content (AvgIpc) is 3.33. The number of morpholine rings is 1. The third kappa shape index (κ3) is 4.50. The fourth-order valence-electron chi connectivity index (χ4n) is 3.35. The number of carbonyl (C=O) groups excluding carboxylic acids is 1. The van der Waals surface area contributed by atoms with Gasteiger partial charge in [0, 0.05) is 32.0 Å². The Morgan fingerprint density at radius 2 is 1.94 bits per heavy atom. The van der Waals surface area contributed by atoms with Crippen LogP contribution in [0.5, 0.6) is 0 Å². The zero-order chi connectivity index (χ0) is 21.8. The molecule has 1 aliphatic rings. The average molecular weight is 444 g/mol. The zero-order valence-corrected chi connectivity index (χ0v) is 17.4. The summed E-state index contributed by atoms with van der Waals surface area (Å²) in [5, 5.41) is 2.68. The van der Waals surface area contributed by atoms with Gasteiger partial charge in [0.25, 0.3) is 5.91 Å². The first-order chi connectivity index (χ1) is 15.0. The molecule has 10 heteroatoms. The van der Waals surface area contributed by atoms with E-state index < -0.39 is 21.7 Å². The van der Waals surface area contributed by atoms with E-state index >= 15 is 0 Å². The van der Waals surface area contributed by atoms with Gasteiger partial charge < -0.3 is 14.6 Å². The van der Waals surface area contributed by atoms with Crippen molar-refractivity contribution in [3.8, 4) is 5.69 Å². The van der Waals surface area contributed by atoms with Gasteiger partial charge in [-0.2, -0.15) is 4.31 Å². The lowest BCUT2D eigenvalue weighted by atomic mass is 10.1. The molecule has 1 amide bonds. The smallest absolute Gasteiger partial charge is 0.252 e. The molecule has 1 aromatic heterocycles. The fraction of sp³-hybridized carbons (Fsp3) is 0.238. The number of nitrogens with one attached hydrogen (secondary N) is 1. The third-order valence-electron chi connectivity index (χ3n) is 4.97. The van der Waals surface area contributed by atoms with Crippen LogP contribution >= 0.6 is 0 Å². The molecular weight excluding hydrogens is 423 g/mol. The van der Waals surface area contributed by atoms with Crippen LogP contribution in [0.4, 0.5) is 4.39 Å². The number of nitrogens with zero attached hydrogens (tertiary/aromatic N) is 3. The number of hydrogen-bond acceptors (Lipinski definition) is 5. The highest BCUT2D eigenvalue weighted by Gasteiger charge is 2.30. The van der Waals surface area contributed by atoms with Crippen molar-refractivity contribution in [3.05, 3.63) is 78.1 Å². The molecule has 3 aromatic rings. The predicted octanol–water partition coefficient (Wildman–Crippen LogP) is 1.96. The second-order valence-corrected chi connectivity index (χ2v) is 8.86. The SMILES string of the molecule is O=C(NCc1ccc(-n2ccnc2)c(F)c1)c1ccccc1S(=O)(=O)N1CCOCC1. The van der Waals surface area contributed by atoms with Crippen LogP contribution in [0.25, 0.3) is 5.69 Å². The molecule has 8 nitrogen and oxygen atoms in total. The van der Waals surface area contributed by atoms with E-state index in [0.29, 0.717) is 24.5 Å². The fourth-order valence-corrected chi connectivity index (χ4v) is 4.95. The van der Waals surface area contributed by atoms with Crippen molar-refractivity contribution in [1.29, 1.82) is 0 Å². The van der Waals surface area contributed by atoms with E-state index in [1.807, 2.05) is 0 Å². The summed E-state index contributed by atoms with van der Waals surface area (Å²) in [5.74, 6) is -1.01. The molecule has 1 N–H and O–H groups in total. The van der Waals surface area contributed by atoms with Crippen molar-refractivity contribution in [2.45, 2.75) is 11.4 Å². The topological polar surface area (TPSA) is 93.5 Å². The third-order valence-corrected chi connectivity index (χ3v) is 6.92. The largest absolute Gasteiger partial charge is 0.379 e. The Bertz CT molecular complexity index is 1180. The summed E-state index contributed by atoms with van der Waals surface area (Å²) in [5.41, 5.74) is 0.933. The van der Waals surface area contributed by atoms with Gasteiger partial charge in [0.05, 0.1) is 35.7 Å². The van der Waals surface area contributed by atoms with E-state index in [2.05, 4.69) is 10.3 Å². The van der Waals surface area contributed by atoms with Crippen LogP contribution in [0.15, 0.2) is 66.1 Å². The quantitative estimate of drug-likeness (QED) is 0.627. The molecule has 31 heavy (non-hydrogen) atoms. The highest BCUT2D eigenvalue weighted by Crippen LogP contribution is 2.21. The minimum absolute atomic E-state index is 0.0458. The highest BCUT2D eigenvalue weighted by atomic mass is 32.2. The summed E-state index contributed by atoms with van der Waals surface area (Å²) in [6.45, 7) is 1.15. The number of benzene rings is 2. The lowest BCUT2D eigenvalue weighted by Crippen LogP contribution is -2.41. The molecule has 2 aromatic carbocycles. The number of rotatable bonds is 6. The maximum Gasteiger partial charge on any atom is 0.252 e. The first-order valence-corrected chi connectivity index (χ1v) is 11.1. The van der Waals surface area contributed by atoms with Crippen LogP contribution in [0, 0.1) is 5.82 Å². The first kappa shape index (κ1) is 21.2. The Labute approximate surface area is 179 Å². The Morgan fingerprint density at radius 1 is 1.16 bits per heavy atom. The van der Waals surface area contributed by atoms with E-state index in [4.69, 9.17) is 4.74 Å². The predicted molar refractivity (Wildman–Crippen MR) is 111 cm³/mol. The number of carbonyl (C=O) groups is 1. The van der Waals surface area contributed by atoms with Crippen molar-refractivity contribution in [3.63, 3.8) is 0 Å². The second kappa shape index (κ2) is 8.96. The van der Waals surface area contributed by atoms with Gasteiger partial charge in [0.2, 0.25) is 10.0 Å². The molecular formula is C21H21FN4O4S. The molecule has 4 rings (SSSR count). The Morgan fingerprint density at radius 3 is 2.65 bits per heavy atom. The molecule has 0 saturated carbocycles. The van der Waals surface area contributed by atoms with Crippen LogP contribution in [-0.2, 0) is 21.3 Å². The maximum absolute atomic E-state index is 14.4. The number of aromatic nitrogens is 2. The van der Waals surface area contributed by atoms with Crippen molar-refractivity contribution in [2.24, 2.45) is 0 Å². The normalized spacial score (nSPS) is 15.0. The van der Waals surface area contributed by atoms with E-state index in [1.165, 1.54) is 28.8 Å². The molecule has 0 atom stereocenters. The number of amides is 1. The second-order valence-electron chi connectivity index (χ2n) is 6.95. The van der Waals surface area contributed by atoms with Crippen LogP contribution in [0.2, 0.25) is 0 Å². The summed E-state index contributed by atoms with van der Waals surface area (Å²) >= 11 is 0. The lowest BCUT2D eigenvalue weighted by Gasteiger charge is -2.26. The molecule has 1 aliphatic heterocycles. The molecule has 1 saturated heterocycles. The van der Waals surface area contributed by atoms with E-state index in [-0.39, 0.29) is 30.1 Å². The molecule has 162 valence electrons. The molecule has 2 heterocycles. The standard InChI is InChI=1S/C21H21FN4O4S/c22-18-13-16(5-6-19(18)25-8-7-23-15-25)14-24-21(27)17-3-1-2-4-20(17)31(28,29)26-9-11-30-12-10-26/h1-8,13,15H,9-12,14H2,(H,24,27). The van der Waals surface area contributed by atoms with Gasteiger partial charge in [-0.25, -0.2) is 17.8 Å². The van der Waals surface area contributed by atoms with Gasteiger partial charge in [0.1, 0.15) is 5.82 Å². The van der Waals surface area contributed by atoms with E-state index in [1.54, 1.807) is 41.2 Å². The summed E-state index contributed by atoms with van der Waals surface area (Å²) in [7, 11) is -3.83. The highest BCUT2D eigenvalue weighted by molar-refractivity contribution is 7.89. The minimum atomic E-state index is -3.83. The Kier molecular flexibility index (Phi) is 6.12. The van der Waals surface area contributed by atoms with Crippen molar-refractivity contribution < 1.29 is 22.3 Å². The van der Waals surface area contributed by atoms with Gasteiger partial charge in [-0.15, -0.1) is 0 Å². The number of sulfonamides is 1. The first-order valence-electron chi connectivity index (χ1n) is 9.69. The van der Waals surface area contributed by atoms with Crippen LogP contribution in [-0.4, -0.2) is 54.5 Å². The lowest BCUT2D eigenvalue weighted by molar-refractivity contribution is 0.0730. The van der Waals surface area contributed by atoms with Crippen LogP contribution in [0.1, 0.15) is 15.9 Å². The summed E-state index contributed by atoms with van der Waals surface area (Å²) in [6, 6.07) is 10.7. The van der Waals surface area contributed by atoms with Gasteiger partial charge in [-0.1, -0.05) is 18.2 Å². The molecule has 0 aliphatic carbocycles. The zero-order valence-electron chi connectivity index (χ0n) is 16.6. The maximum atomic E-state index is 14.4. The van der Waals surface area contributed by atoms with Gasteiger partial charge in [-0.3, -0.25) is 4.79 Å².